The number of hydrogen-bond acceptors (Lipinski definition) is 10. The summed E-state index contributed by atoms with van der Waals surface area (Å²) in [4.78, 5) is 40.1. The fraction of sp³-hybridized carbons (Fsp3) is 0.423. The van der Waals surface area contributed by atoms with Gasteiger partial charge in [0.05, 0.1) is 32.5 Å². The third-order valence-corrected chi connectivity index (χ3v) is 6.53. The summed E-state index contributed by atoms with van der Waals surface area (Å²) < 4.78 is 21.8. The number of aromatic nitrogens is 3. The molecule has 1 saturated carbocycles. The lowest BCUT2D eigenvalue weighted by Gasteiger charge is -2.39. The molecule has 0 unspecified atom stereocenters. The zero-order chi connectivity index (χ0) is 26.6. The van der Waals surface area contributed by atoms with Crippen LogP contribution >= 0.6 is 0 Å². The number of ether oxygens (including phenoxy) is 4. The number of likely N-dealkylation sites (N-methyl/N-ethyl adjacent to an activating group) is 1. The highest BCUT2D eigenvalue weighted by Gasteiger charge is 2.41. The Labute approximate surface area is 215 Å². The molecule has 0 radical (unpaired) electrons. The van der Waals surface area contributed by atoms with Gasteiger partial charge in [-0.15, -0.1) is 0 Å². The molecule has 1 fully saturated rings. The maximum absolute atomic E-state index is 13.3. The molecule has 1 N–H and O–H groups in total. The molecule has 2 heterocycles. The zero-order valence-electron chi connectivity index (χ0n) is 21.7. The Bertz CT molecular complexity index is 1310. The second-order valence-corrected chi connectivity index (χ2v) is 8.97. The van der Waals surface area contributed by atoms with Gasteiger partial charge in [-0.25, -0.2) is 4.98 Å². The maximum Gasteiger partial charge on any atom is 0.299 e. The summed E-state index contributed by atoms with van der Waals surface area (Å²) in [5, 5.41) is 3.83. The maximum atomic E-state index is 13.3. The van der Waals surface area contributed by atoms with Crippen LogP contribution in [0.25, 0.3) is 22.4 Å². The summed E-state index contributed by atoms with van der Waals surface area (Å²) in [5.41, 5.74) is 0.636. The number of pyridine rings is 1. The van der Waals surface area contributed by atoms with E-state index >= 15 is 0 Å². The van der Waals surface area contributed by atoms with Crippen molar-refractivity contribution in [2.24, 2.45) is 0 Å². The number of amides is 1. The van der Waals surface area contributed by atoms with E-state index in [1.54, 1.807) is 37.3 Å². The highest BCUT2D eigenvalue weighted by molar-refractivity contribution is 5.96. The van der Waals surface area contributed by atoms with E-state index in [4.69, 9.17) is 23.9 Å². The fourth-order valence-electron chi connectivity index (χ4n) is 4.88. The van der Waals surface area contributed by atoms with E-state index in [1.165, 1.54) is 21.3 Å². The Morgan fingerprint density at radius 1 is 1.05 bits per heavy atom. The number of benzene rings is 1. The van der Waals surface area contributed by atoms with Gasteiger partial charge in [0.2, 0.25) is 17.5 Å². The first-order valence-corrected chi connectivity index (χ1v) is 12.0. The van der Waals surface area contributed by atoms with Gasteiger partial charge in [0.25, 0.3) is 6.47 Å². The van der Waals surface area contributed by atoms with Crippen LogP contribution in [0, 0.1) is 0 Å². The Kier molecular flexibility index (Phi) is 7.61. The minimum atomic E-state index is -0.766. The average Bonchev–Trinajstić information content (AvgIpc) is 2.92. The monoisotopic (exact) mass is 509 g/mol. The number of nitrogens with one attached hydrogen (secondary N) is 1. The molecule has 0 bridgehead atoms. The summed E-state index contributed by atoms with van der Waals surface area (Å²) in [6.45, 7) is 0.284. The van der Waals surface area contributed by atoms with Crippen LogP contribution in [0.4, 0.5) is 5.69 Å². The smallest absolute Gasteiger partial charge is 0.299 e. The van der Waals surface area contributed by atoms with Crippen molar-refractivity contribution < 1.29 is 28.5 Å². The highest BCUT2D eigenvalue weighted by atomic mass is 16.5. The standard InChI is InChI=1S/C26H31N5O6/c1-31(2)25(33)26(11-7-6-8-12-26)30-16-10-9-13-27-20(16)23-28-17-14-18(34-3)21(35-4)22(36-5)19(17)24(29-23)37-15-32/h9-10,13-15,30H,6-8,11-12H2,1-5H3. The van der Waals surface area contributed by atoms with Crippen molar-refractivity contribution >= 4 is 29.0 Å². The summed E-state index contributed by atoms with van der Waals surface area (Å²) in [7, 11) is 7.95. The SMILES string of the molecule is COc1cc2nc(-c3ncccc3NC3(C(=O)N(C)C)CCCCC3)nc(OC=O)c2c(OC)c1OC. The Balaban J connectivity index is 1.90. The van der Waals surface area contributed by atoms with Crippen molar-refractivity contribution in [3.05, 3.63) is 24.4 Å². The fourth-order valence-corrected chi connectivity index (χ4v) is 4.88. The molecule has 0 spiro atoms. The van der Waals surface area contributed by atoms with E-state index in [1.807, 2.05) is 6.07 Å². The molecule has 3 aromatic rings. The predicted molar refractivity (Wildman–Crippen MR) is 137 cm³/mol. The first-order chi connectivity index (χ1) is 17.9. The van der Waals surface area contributed by atoms with Gasteiger partial charge in [-0.05, 0) is 25.0 Å². The molecular weight excluding hydrogens is 478 g/mol. The van der Waals surface area contributed by atoms with Crippen molar-refractivity contribution in [1.29, 1.82) is 0 Å². The number of carbonyl (C=O) groups is 2. The molecule has 0 aliphatic heterocycles. The van der Waals surface area contributed by atoms with Gasteiger partial charge in [-0.1, -0.05) is 19.3 Å². The van der Waals surface area contributed by atoms with Gasteiger partial charge < -0.3 is 29.2 Å². The van der Waals surface area contributed by atoms with Gasteiger partial charge in [-0.3, -0.25) is 14.6 Å². The van der Waals surface area contributed by atoms with Crippen LogP contribution in [0.2, 0.25) is 0 Å². The number of anilines is 1. The lowest BCUT2D eigenvalue weighted by Crippen LogP contribution is -2.53. The second kappa shape index (κ2) is 10.9. The summed E-state index contributed by atoms with van der Waals surface area (Å²) in [5.74, 6) is 1.13. The van der Waals surface area contributed by atoms with E-state index in [0.717, 1.165) is 19.3 Å². The molecule has 4 rings (SSSR count). The number of nitrogens with zero attached hydrogens (tertiary/aromatic N) is 4. The molecule has 2 aromatic heterocycles. The lowest BCUT2D eigenvalue weighted by atomic mass is 9.80. The largest absolute Gasteiger partial charge is 0.493 e. The number of hydrogen-bond donors (Lipinski definition) is 1. The molecule has 196 valence electrons. The van der Waals surface area contributed by atoms with Crippen LogP contribution in [-0.2, 0) is 9.59 Å². The molecule has 11 nitrogen and oxygen atoms in total. The van der Waals surface area contributed by atoms with E-state index in [2.05, 4.69) is 15.3 Å². The van der Waals surface area contributed by atoms with Crippen molar-refractivity contribution in [2.75, 3.05) is 40.7 Å². The van der Waals surface area contributed by atoms with Crippen molar-refractivity contribution in [3.63, 3.8) is 0 Å². The minimum Gasteiger partial charge on any atom is -0.493 e. The van der Waals surface area contributed by atoms with Crippen LogP contribution in [0.15, 0.2) is 24.4 Å². The summed E-state index contributed by atoms with van der Waals surface area (Å²) in [6, 6.07) is 5.27. The normalized spacial score (nSPS) is 14.5. The van der Waals surface area contributed by atoms with Crippen molar-refractivity contribution in [3.8, 4) is 34.6 Å². The van der Waals surface area contributed by atoms with Gasteiger partial charge in [0, 0.05) is 26.4 Å². The average molecular weight is 510 g/mol. The summed E-state index contributed by atoms with van der Waals surface area (Å²) >= 11 is 0. The second-order valence-electron chi connectivity index (χ2n) is 8.97. The molecule has 1 aromatic carbocycles. The molecule has 0 saturated heterocycles. The van der Waals surface area contributed by atoms with Crippen LogP contribution in [0.1, 0.15) is 32.1 Å². The van der Waals surface area contributed by atoms with Crippen LogP contribution in [0.5, 0.6) is 23.1 Å². The quantitative estimate of drug-likeness (QED) is 0.429. The highest BCUT2D eigenvalue weighted by Crippen LogP contribution is 2.46. The molecule has 11 heteroatoms. The predicted octanol–water partition coefficient (Wildman–Crippen LogP) is 3.46. The van der Waals surface area contributed by atoms with Gasteiger partial charge in [-0.2, -0.15) is 4.98 Å². The van der Waals surface area contributed by atoms with Crippen LogP contribution in [-0.4, -0.2) is 73.2 Å². The third-order valence-electron chi connectivity index (χ3n) is 6.53. The van der Waals surface area contributed by atoms with Crippen LogP contribution < -0.4 is 24.3 Å². The minimum absolute atomic E-state index is 0.00739. The molecule has 1 amide bonds. The van der Waals surface area contributed by atoms with E-state index < -0.39 is 5.54 Å². The lowest BCUT2D eigenvalue weighted by molar-refractivity contribution is -0.134. The first kappa shape index (κ1) is 25.9. The molecular formula is C26H31N5O6. The molecule has 1 aliphatic carbocycles. The van der Waals surface area contributed by atoms with Crippen LogP contribution in [0.3, 0.4) is 0 Å². The van der Waals surface area contributed by atoms with Crippen molar-refractivity contribution in [2.45, 2.75) is 37.6 Å². The first-order valence-electron chi connectivity index (χ1n) is 12.0. The Morgan fingerprint density at radius 3 is 2.41 bits per heavy atom. The van der Waals surface area contributed by atoms with Crippen molar-refractivity contribution in [1.82, 2.24) is 19.9 Å². The number of carbonyl (C=O) groups excluding carboxylic acids is 2. The van der Waals surface area contributed by atoms with Gasteiger partial charge in [0.15, 0.2) is 17.3 Å². The molecule has 1 aliphatic rings. The molecule has 0 atom stereocenters. The Hall–Kier alpha value is -4.15. The van der Waals surface area contributed by atoms with E-state index in [9.17, 15) is 9.59 Å². The van der Waals surface area contributed by atoms with Gasteiger partial charge >= 0.3 is 0 Å². The topological polar surface area (TPSA) is 125 Å². The number of fused-ring (bicyclic) bond motifs is 1. The zero-order valence-corrected chi connectivity index (χ0v) is 21.7. The Morgan fingerprint density at radius 2 is 1.78 bits per heavy atom. The molecule has 37 heavy (non-hydrogen) atoms. The van der Waals surface area contributed by atoms with E-state index in [-0.39, 0.29) is 29.8 Å². The number of methoxy groups -OCH3 is 3. The third kappa shape index (κ3) is 4.81. The van der Waals surface area contributed by atoms with Gasteiger partial charge in [0.1, 0.15) is 16.6 Å². The van der Waals surface area contributed by atoms with E-state index in [0.29, 0.717) is 46.6 Å². The summed E-state index contributed by atoms with van der Waals surface area (Å²) in [6.07, 6.45) is 5.97. The number of rotatable bonds is 9.